The van der Waals surface area contributed by atoms with E-state index in [4.69, 9.17) is 11.6 Å². The van der Waals surface area contributed by atoms with Gasteiger partial charge in [-0.15, -0.1) is 0 Å². The van der Waals surface area contributed by atoms with Crippen LogP contribution in [0.5, 0.6) is 0 Å². The molecule has 0 unspecified atom stereocenters. The molecule has 6 heteroatoms. The largest absolute Gasteiger partial charge is 0.352 e. The van der Waals surface area contributed by atoms with Crippen molar-refractivity contribution in [3.63, 3.8) is 0 Å². The molecule has 120 valence electrons. The number of hydrogen-bond donors (Lipinski definition) is 3. The Morgan fingerprint density at radius 3 is 2.57 bits per heavy atom. The highest BCUT2D eigenvalue weighted by atomic mass is 35.5. The zero-order chi connectivity index (χ0) is 16.5. The van der Waals surface area contributed by atoms with Crippen LogP contribution in [0.1, 0.15) is 5.56 Å². The number of guanidine groups is 1. The van der Waals surface area contributed by atoms with Gasteiger partial charge in [0.25, 0.3) is 0 Å². The van der Waals surface area contributed by atoms with Gasteiger partial charge in [0.2, 0.25) is 5.91 Å². The van der Waals surface area contributed by atoms with Gasteiger partial charge in [0.15, 0.2) is 5.96 Å². The molecule has 0 aromatic heterocycles. The van der Waals surface area contributed by atoms with Crippen LogP contribution in [0.3, 0.4) is 0 Å². The second-order valence-corrected chi connectivity index (χ2v) is 5.26. The van der Waals surface area contributed by atoms with Gasteiger partial charge in [-0.1, -0.05) is 41.9 Å². The van der Waals surface area contributed by atoms with Crippen molar-refractivity contribution in [2.75, 3.05) is 18.9 Å². The number of rotatable bonds is 5. The third kappa shape index (κ3) is 6.00. The Bertz CT molecular complexity index is 673. The predicted molar refractivity (Wildman–Crippen MR) is 94.7 cm³/mol. The standard InChI is InChI=1S/C17H19ClN4O/c1-19-17(20-11-13-6-5-7-14(18)10-13)21-12-16(23)22-15-8-3-2-4-9-15/h2-10H,11-12H2,1H3,(H,22,23)(H2,19,20,21). The molecule has 0 aliphatic carbocycles. The summed E-state index contributed by atoms with van der Waals surface area (Å²) in [4.78, 5) is 16.0. The van der Waals surface area contributed by atoms with Crippen LogP contribution in [0.4, 0.5) is 5.69 Å². The lowest BCUT2D eigenvalue weighted by atomic mass is 10.2. The molecule has 0 aliphatic rings. The van der Waals surface area contributed by atoms with Gasteiger partial charge >= 0.3 is 0 Å². The van der Waals surface area contributed by atoms with Crippen molar-refractivity contribution in [2.24, 2.45) is 4.99 Å². The summed E-state index contributed by atoms with van der Waals surface area (Å²) in [5.74, 6) is 0.412. The van der Waals surface area contributed by atoms with Gasteiger partial charge in [0.1, 0.15) is 0 Å². The first-order valence-electron chi connectivity index (χ1n) is 7.21. The molecule has 2 aromatic rings. The second-order valence-electron chi connectivity index (χ2n) is 4.82. The fraction of sp³-hybridized carbons (Fsp3) is 0.176. The normalized spacial score (nSPS) is 11.0. The molecule has 2 rings (SSSR count). The minimum absolute atomic E-state index is 0.129. The molecule has 0 heterocycles. The molecule has 2 aromatic carbocycles. The van der Waals surface area contributed by atoms with Crippen molar-refractivity contribution in [1.29, 1.82) is 0 Å². The second kappa shape index (κ2) is 8.80. The smallest absolute Gasteiger partial charge is 0.243 e. The maximum absolute atomic E-state index is 11.9. The lowest BCUT2D eigenvalue weighted by Crippen LogP contribution is -2.41. The number of halogens is 1. The summed E-state index contributed by atoms with van der Waals surface area (Å²) in [7, 11) is 1.66. The van der Waals surface area contributed by atoms with E-state index in [1.165, 1.54) is 0 Å². The molecule has 3 N–H and O–H groups in total. The molecule has 0 radical (unpaired) electrons. The Balaban J connectivity index is 1.77. The number of benzene rings is 2. The van der Waals surface area contributed by atoms with Gasteiger partial charge in [0.05, 0.1) is 6.54 Å². The quantitative estimate of drug-likeness (QED) is 0.583. The average Bonchev–Trinajstić information content (AvgIpc) is 2.56. The van der Waals surface area contributed by atoms with Crippen molar-refractivity contribution >= 4 is 29.2 Å². The van der Waals surface area contributed by atoms with E-state index in [1.54, 1.807) is 7.05 Å². The number of para-hydroxylation sites is 1. The van der Waals surface area contributed by atoms with Crippen LogP contribution in [-0.2, 0) is 11.3 Å². The number of nitrogens with zero attached hydrogens (tertiary/aromatic N) is 1. The van der Waals surface area contributed by atoms with E-state index in [0.29, 0.717) is 17.5 Å². The zero-order valence-corrected chi connectivity index (χ0v) is 13.6. The van der Waals surface area contributed by atoms with Crippen molar-refractivity contribution in [3.05, 3.63) is 65.2 Å². The topological polar surface area (TPSA) is 65.5 Å². The SMILES string of the molecule is CN=C(NCC(=O)Nc1ccccc1)NCc1cccc(Cl)c1. The Kier molecular flexibility index (Phi) is 6.44. The highest BCUT2D eigenvalue weighted by Crippen LogP contribution is 2.10. The summed E-state index contributed by atoms with van der Waals surface area (Å²) in [5, 5.41) is 9.59. The van der Waals surface area contributed by atoms with E-state index in [-0.39, 0.29) is 12.5 Å². The molecular weight excluding hydrogens is 312 g/mol. The van der Waals surface area contributed by atoms with E-state index < -0.39 is 0 Å². The van der Waals surface area contributed by atoms with Crippen molar-refractivity contribution in [3.8, 4) is 0 Å². The number of nitrogens with one attached hydrogen (secondary N) is 3. The van der Waals surface area contributed by atoms with E-state index in [9.17, 15) is 4.79 Å². The summed E-state index contributed by atoms with van der Waals surface area (Å²) >= 11 is 5.95. The molecule has 0 saturated carbocycles. The number of carbonyl (C=O) groups excluding carboxylic acids is 1. The lowest BCUT2D eigenvalue weighted by molar-refractivity contribution is -0.115. The third-order valence-electron chi connectivity index (χ3n) is 3.05. The molecule has 0 atom stereocenters. The predicted octanol–water partition coefficient (Wildman–Crippen LogP) is 2.64. The van der Waals surface area contributed by atoms with Gasteiger partial charge in [-0.3, -0.25) is 9.79 Å². The number of anilines is 1. The summed E-state index contributed by atoms with van der Waals surface area (Å²) in [6, 6.07) is 16.9. The van der Waals surface area contributed by atoms with E-state index in [1.807, 2.05) is 54.6 Å². The molecular formula is C17H19ClN4O. The Labute approximate surface area is 140 Å². The van der Waals surface area contributed by atoms with Gasteiger partial charge in [-0.05, 0) is 29.8 Å². The highest BCUT2D eigenvalue weighted by molar-refractivity contribution is 6.30. The summed E-state index contributed by atoms with van der Waals surface area (Å²) in [6.45, 7) is 0.699. The fourth-order valence-corrected chi connectivity index (χ4v) is 2.16. The van der Waals surface area contributed by atoms with E-state index in [2.05, 4.69) is 20.9 Å². The van der Waals surface area contributed by atoms with Crippen LogP contribution in [0, 0.1) is 0 Å². The van der Waals surface area contributed by atoms with Crippen LogP contribution >= 0.6 is 11.6 Å². The summed E-state index contributed by atoms with van der Waals surface area (Å²) < 4.78 is 0. The van der Waals surface area contributed by atoms with Crippen molar-refractivity contribution < 1.29 is 4.79 Å². The van der Waals surface area contributed by atoms with Gasteiger partial charge in [-0.25, -0.2) is 0 Å². The van der Waals surface area contributed by atoms with Crippen molar-refractivity contribution in [2.45, 2.75) is 6.54 Å². The number of amides is 1. The first kappa shape index (κ1) is 16.8. The van der Waals surface area contributed by atoms with Gasteiger partial charge in [-0.2, -0.15) is 0 Å². The first-order valence-corrected chi connectivity index (χ1v) is 7.59. The molecule has 5 nitrogen and oxygen atoms in total. The maximum Gasteiger partial charge on any atom is 0.243 e. The molecule has 0 fully saturated rings. The zero-order valence-electron chi connectivity index (χ0n) is 12.8. The first-order chi connectivity index (χ1) is 11.2. The molecule has 0 bridgehead atoms. The molecule has 1 amide bonds. The van der Waals surface area contributed by atoms with Gasteiger partial charge in [0, 0.05) is 24.3 Å². The number of aliphatic imine (C=N–C) groups is 1. The van der Waals surface area contributed by atoms with Crippen LogP contribution in [0.15, 0.2) is 59.6 Å². The molecule has 0 spiro atoms. The van der Waals surface area contributed by atoms with Gasteiger partial charge < -0.3 is 16.0 Å². The highest BCUT2D eigenvalue weighted by Gasteiger charge is 2.04. The number of carbonyl (C=O) groups is 1. The molecule has 0 aliphatic heterocycles. The molecule has 0 saturated heterocycles. The van der Waals surface area contributed by atoms with E-state index >= 15 is 0 Å². The Hall–Kier alpha value is -2.53. The van der Waals surface area contributed by atoms with E-state index in [0.717, 1.165) is 11.3 Å². The number of hydrogen-bond acceptors (Lipinski definition) is 2. The minimum Gasteiger partial charge on any atom is -0.352 e. The summed E-state index contributed by atoms with van der Waals surface area (Å²) in [5.41, 5.74) is 1.80. The third-order valence-corrected chi connectivity index (χ3v) is 3.28. The van der Waals surface area contributed by atoms with Crippen LogP contribution in [0.2, 0.25) is 5.02 Å². The average molecular weight is 331 g/mol. The maximum atomic E-state index is 11.9. The fourth-order valence-electron chi connectivity index (χ4n) is 1.94. The Morgan fingerprint density at radius 2 is 1.87 bits per heavy atom. The van der Waals surface area contributed by atoms with Crippen LogP contribution < -0.4 is 16.0 Å². The van der Waals surface area contributed by atoms with Crippen LogP contribution in [-0.4, -0.2) is 25.5 Å². The lowest BCUT2D eigenvalue weighted by Gasteiger charge is -2.12. The molecule has 23 heavy (non-hydrogen) atoms. The monoisotopic (exact) mass is 330 g/mol. The minimum atomic E-state index is -0.137. The van der Waals surface area contributed by atoms with Crippen LogP contribution in [0.25, 0.3) is 0 Å². The summed E-state index contributed by atoms with van der Waals surface area (Å²) in [6.07, 6.45) is 0. The van der Waals surface area contributed by atoms with Crippen molar-refractivity contribution in [1.82, 2.24) is 10.6 Å². The Morgan fingerprint density at radius 1 is 1.09 bits per heavy atom.